The molecule has 0 N–H and O–H groups in total. The van der Waals surface area contributed by atoms with E-state index >= 15 is 0 Å². The molecule has 0 fully saturated rings. The molecule has 2 unspecified atom stereocenters. The molecular formula is C23H21NO. The average Bonchev–Trinajstić information content (AvgIpc) is 2.70. The number of hydrogen-bond acceptors (Lipinski definition) is 2. The normalized spacial score (nSPS) is 20.2. The molecule has 0 radical (unpaired) electrons. The topological polar surface area (TPSA) is 12.5 Å². The third-order valence-electron chi connectivity index (χ3n) is 4.61. The summed E-state index contributed by atoms with van der Waals surface area (Å²) in [4.78, 5) is 6.38. The van der Waals surface area contributed by atoms with Crippen molar-refractivity contribution in [3.63, 3.8) is 0 Å². The molecule has 0 bridgehead atoms. The first-order valence-corrected chi connectivity index (χ1v) is 8.66. The Morgan fingerprint density at radius 1 is 0.720 bits per heavy atom. The van der Waals surface area contributed by atoms with Crippen molar-refractivity contribution in [2.45, 2.75) is 19.1 Å². The first-order valence-electron chi connectivity index (χ1n) is 8.66. The SMILES string of the molecule is CC1C(c2ccccc2)=CC(c2ccccc2)ON1c1ccccc1. The van der Waals surface area contributed by atoms with E-state index in [2.05, 4.69) is 79.7 Å². The van der Waals surface area contributed by atoms with Gasteiger partial charge in [0.25, 0.3) is 0 Å². The van der Waals surface area contributed by atoms with Crippen LogP contribution >= 0.6 is 0 Å². The standard InChI is InChI=1S/C23H21NO/c1-18-22(19-11-5-2-6-12-19)17-23(20-13-7-3-8-14-20)25-24(18)21-15-9-4-10-16-21/h2-18,23H,1H3. The first kappa shape index (κ1) is 15.7. The first-order chi connectivity index (χ1) is 12.3. The Balaban J connectivity index is 1.79. The molecule has 1 aliphatic heterocycles. The highest BCUT2D eigenvalue weighted by Crippen LogP contribution is 2.37. The third-order valence-corrected chi connectivity index (χ3v) is 4.61. The molecule has 0 saturated carbocycles. The van der Waals surface area contributed by atoms with Crippen LogP contribution in [-0.4, -0.2) is 6.04 Å². The quantitative estimate of drug-likeness (QED) is 0.616. The molecule has 0 aliphatic carbocycles. The van der Waals surface area contributed by atoms with Gasteiger partial charge in [0, 0.05) is 0 Å². The van der Waals surface area contributed by atoms with Crippen LogP contribution in [0.5, 0.6) is 0 Å². The predicted molar refractivity (Wildman–Crippen MR) is 103 cm³/mol. The van der Waals surface area contributed by atoms with E-state index < -0.39 is 0 Å². The lowest BCUT2D eigenvalue weighted by Gasteiger charge is -2.39. The Kier molecular flexibility index (Phi) is 4.36. The largest absolute Gasteiger partial charge is 0.261 e. The van der Waals surface area contributed by atoms with E-state index in [1.54, 1.807) is 0 Å². The Morgan fingerprint density at radius 3 is 1.92 bits per heavy atom. The molecule has 1 heterocycles. The monoisotopic (exact) mass is 327 g/mol. The van der Waals surface area contributed by atoms with E-state index in [-0.39, 0.29) is 12.1 Å². The molecule has 124 valence electrons. The number of hydrogen-bond donors (Lipinski definition) is 0. The summed E-state index contributed by atoms with van der Waals surface area (Å²) in [6, 6.07) is 31.4. The van der Waals surface area contributed by atoms with Crippen LogP contribution in [0.25, 0.3) is 5.57 Å². The van der Waals surface area contributed by atoms with Crippen molar-refractivity contribution in [3.05, 3.63) is 108 Å². The molecule has 3 aromatic carbocycles. The van der Waals surface area contributed by atoms with Gasteiger partial charge in [0.15, 0.2) is 0 Å². The Labute approximate surface area is 149 Å². The summed E-state index contributed by atoms with van der Waals surface area (Å²) in [5, 5.41) is 2.03. The van der Waals surface area contributed by atoms with Crippen LogP contribution in [0, 0.1) is 0 Å². The van der Waals surface area contributed by atoms with Crippen LogP contribution in [0.15, 0.2) is 97.1 Å². The van der Waals surface area contributed by atoms with Gasteiger partial charge in [0.05, 0.1) is 11.7 Å². The van der Waals surface area contributed by atoms with Crippen molar-refractivity contribution in [2.24, 2.45) is 0 Å². The summed E-state index contributed by atoms with van der Waals surface area (Å²) in [6.45, 7) is 2.19. The zero-order valence-electron chi connectivity index (χ0n) is 14.2. The van der Waals surface area contributed by atoms with Gasteiger partial charge < -0.3 is 0 Å². The molecular weight excluding hydrogens is 306 g/mol. The maximum Gasteiger partial charge on any atom is 0.129 e. The highest BCUT2D eigenvalue weighted by molar-refractivity contribution is 5.74. The van der Waals surface area contributed by atoms with E-state index in [9.17, 15) is 0 Å². The fourth-order valence-electron chi connectivity index (χ4n) is 3.30. The van der Waals surface area contributed by atoms with Crippen LogP contribution in [0.2, 0.25) is 0 Å². The lowest BCUT2D eigenvalue weighted by atomic mass is 9.94. The molecule has 0 aromatic heterocycles. The lowest BCUT2D eigenvalue weighted by molar-refractivity contribution is 0.0464. The van der Waals surface area contributed by atoms with Crippen molar-refractivity contribution < 1.29 is 4.84 Å². The third kappa shape index (κ3) is 3.21. The van der Waals surface area contributed by atoms with E-state index in [1.807, 2.05) is 29.3 Å². The Morgan fingerprint density at radius 2 is 1.28 bits per heavy atom. The number of nitrogens with zero attached hydrogens (tertiary/aromatic N) is 1. The van der Waals surface area contributed by atoms with Gasteiger partial charge in [-0.2, -0.15) is 0 Å². The molecule has 3 aromatic rings. The zero-order valence-corrected chi connectivity index (χ0v) is 14.2. The molecule has 0 amide bonds. The molecule has 25 heavy (non-hydrogen) atoms. The molecule has 0 spiro atoms. The van der Waals surface area contributed by atoms with E-state index in [1.165, 1.54) is 11.1 Å². The van der Waals surface area contributed by atoms with Crippen molar-refractivity contribution >= 4 is 11.3 Å². The van der Waals surface area contributed by atoms with Gasteiger partial charge >= 0.3 is 0 Å². The summed E-state index contributed by atoms with van der Waals surface area (Å²) >= 11 is 0. The van der Waals surface area contributed by atoms with Crippen molar-refractivity contribution in [1.29, 1.82) is 0 Å². The molecule has 0 saturated heterocycles. The molecule has 4 rings (SSSR count). The minimum absolute atomic E-state index is 0.104. The second-order valence-corrected chi connectivity index (χ2v) is 6.26. The number of hydroxylamine groups is 1. The van der Waals surface area contributed by atoms with Crippen LogP contribution in [0.3, 0.4) is 0 Å². The number of benzene rings is 3. The summed E-state index contributed by atoms with van der Waals surface area (Å²) in [5.41, 5.74) is 4.74. The zero-order chi connectivity index (χ0) is 17.1. The van der Waals surface area contributed by atoms with Gasteiger partial charge in [0.1, 0.15) is 6.10 Å². The predicted octanol–water partition coefficient (Wildman–Crippen LogP) is 5.65. The summed E-state index contributed by atoms with van der Waals surface area (Å²) in [5.74, 6) is 0. The lowest BCUT2D eigenvalue weighted by Crippen LogP contribution is -2.38. The highest BCUT2D eigenvalue weighted by atomic mass is 16.7. The van der Waals surface area contributed by atoms with Crippen molar-refractivity contribution in [2.75, 3.05) is 5.06 Å². The van der Waals surface area contributed by atoms with Crippen LogP contribution in [-0.2, 0) is 4.84 Å². The molecule has 1 aliphatic rings. The van der Waals surface area contributed by atoms with E-state index in [0.717, 1.165) is 11.3 Å². The van der Waals surface area contributed by atoms with E-state index in [0.29, 0.717) is 0 Å². The smallest absolute Gasteiger partial charge is 0.129 e. The number of para-hydroxylation sites is 1. The fourth-order valence-corrected chi connectivity index (χ4v) is 3.30. The summed E-state index contributed by atoms with van der Waals surface area (Å²) in [7, 11) is 0. The van der Waals surface area contributed by atoms with Gasteiger partial charge in [-0.1, -0.05) is 78.9 Å². The fraction of sp³-hybridized carbons (Fsp3) is 0.130. The highest BCUT2D eigenvalue weighted by Gasteiger charge is 2.29. The van der Waals surface area contributed by atoms with Gasteiger partial charge in [-0.15, -0.1) is 0 Å². The number of anilines is 1. The Hall–Kier alpha value is -2.84. The van der Waals surface area contributed by atoms with Gasteiger partial charge in [-0.05, 0) is 41.8 Å². The van der Waals surface area contributed by atoms with Crippen LogP contribution in [0.4, 0.5) is 5.69 Å². The summed E-state index contributed by atoms with van der Waals surface area (Å²) in [6.07, 6.45) is 2.14. The Bertz CT molecular complexity index is 843. The van der Waals surface area contributed by atoms with Gasteiger partial charge in [-0.25, -0.2) is 5.06 Å². The van der Waals surface area contributed by atoms with Crippen molar-refractivity contribution in [1.82, 2.24) is 0 Å². The minimum atomic E-state index is -0.104. The summed E-state index contributed by atoms with van der Waals surface area (Å²) < 4.78 is 0. The van der Waals surface area contributed by atoms with Crippen LogP contribution < -0.4 is 5.06 Å². The maximum atomic E-state index is 6.38. The number of rotatable bonds is 3. The molecule has 2 atom stereocenters. The second-order valence-electron chi connectivity index (χ2n) is 6.26. The minimum Gasteiger partial charge on any atom is -0.261 e. The van der Waals surface area contributed by atoms with Crippen LogP contribution in [0.1, 0.15) is 24.2 Å². The molecule has 2 nitrogen and oxygen atoms in total. The average molecular weight is 327 g/mol. The second kappa shape index (κ2) is 6.96. The van der Waals surface area contributed by atoms with Gasteiger partial charge in [-0.3, -0.25) is 4.84 Å². The van der Waals surface area contributed by atoms with E-state index in [4.69, 9.17) is 4.84 Å². The van der Waals surface area contributed by atoms with Crippen molar-refractivity contribution in [3.8, 4) is 0 Å². The van der Waals surface area contributed by atoms with Gasteiger partial charge in [0.2, 0.25) is 0 Å². The maximum absolute atomic E-state index is 6.38. The molecule has 2 heteroatoms.